The van der Waals surface area contributed by atoms with Crippen LogP contribution in [-0.4, -0.2) is 63.4 Å². The van der Waals surface area contributed by atoms with Crippen LogP contribution in [0.5, 0.6) is 0 Å². The maximum Gasteiger partial charge on any atom is 0.382 e. The number of hydrogen-bond donors (Lipinski definition) is 2. The van der Waals surface area contributed by atoms with Gasteiger partial charge in [0.1, 0.15) is 0 Å². The maximum absolute atomic E-state index is 11.4. The number of esters is 4. The van der Waals surface area contributed by atoms with Crippen LogP contribution in [0, 0.1) is 0 Å². The number of rotatable bonds is 12. The van der Waals surface area contributed by atoms with Crippen LogP contribution in [0.4, 0.5) is 0 Å². The Morgan fingerprint density at radius 3 is 1.14 bits per heavy atom. The van der Waals surface area contributed by atoms with E-state index in [9.17, 15) is 43.2 Å². The average molecular weight is 402 g/mol. The van der Waals surface area contributed by atoms with E-state index >= 15 is 0 Å². The summed E-state index contributed by atoms with van der Waals surface area (Å²) in [4.78, 5) is 98.4. The summed E-state index contributed by atoms with van der Waals surface area (Å²) >= 11 is 0. The number of carbonyl (C=O) groups is 9. The molecule has 0 bridgehead atoms. The molecule has 0 amide bonds. The Labute approximate surface area is 155 Å². The van der Waals surface area contributed by atoms with Gasteiger partial charge >= 0.3 is 35.8 Å². The smallest absolute Gasteiger partial charge is 0.382 e. The summed E-state index contributed by atoms with van der Waals surface area (Å²) in [6, 6.07) is 0. The number of carbonyl (C=O) groups excluding carboxylic acids is 7. The number of ether oxygens (including phenoxy) is 2. The van der Waals surface area contributed by atoms with Crippen LogP contribution in [0.2, 0.25) is 0 Å². The number of ketones is 3. The normalized spacial score (nSPS) is 9.71. The van der Waals surface area contributed by atoms with Gasteiger partial charge in [0.2, 0.25) is 17.3 Å². The van der Waals surface area contributed by atoms with Crippen molar-refractivity contribution in [2.24, 2.45) is 0 Å². The zero-order valence-corrected chi connectivity index (χ0v) is 14.1. The Balaban J connectivity index is 4.20. The fraction of sp³-hybridized carbons (Fsp3) is 0.400. The molecule has 0 saturated heterocycles. The van der Waals surface area contributed by atoms with E-state index < -0.39 is 91.7 Å². The van der Waals surface area contributed by atoms with Crippen molar-refractivity contribution in [2.75, 3.05) is 0 Å². The molecule has 0 aromatic carbocycles. The molecule has 0 aliphatic heterocycles. The van der Waals surface area contributed by atoms with E-state index in [1.165, 1.54) is 0 Å². The number of carboxylic acid groups (broad SMARTS) is 2. The topological polar surface area (TPSA) is 213 Å². The van der Waals surface area contributed by atoms with Crippen LogP contribution >= 0.6 is 0 Å². The molecule has 0 aromatic heterocycles. The highest BCUT2D eigenvalue weighted by molar-refractivity contribution is 6.36. The van der Waals surface area contributed by atoms with Gasteiger partial charge in [-0.15, -0.1) is 0 Å². The third-order valence-corrected chi connectivity index (χ3v) is 2.81. The van der Waals surface area contributed by atoms with Crippen LogP contribution in [-0.2, 0) is 52.6 Å². The molecule has 13 nitrogen and oxygen atoms in total. The van der Waals surface area contributed by atoms with E-state index in [1.54, 1.807) is 0 Å². The zero-order valence-electron chi connectivity index (χ0n) is 14.1. The molecule has 0 radical (unpaired) electrons. The third kappa shape index (κ3) is 10.3. The van der Waals surface area contributed by atoms with E-state index in [0.717, 1.165) is 0 Å². The van der Waals surface area contributed by atoms with Crippen molar-refractivity contribution in [2.45, 2.75) is 38.5 Å². The summed E-state index contributed by atoms with van der Waals surface area (Å²) in [5.74, 6) is -12.9. The number of Topliss-reactive ketones (excluding diaryl/α,β-unsaturated/α-hetero) is 3. The number of carboxylic acids is 2. The average Bonchev–Trinajstić information content (AvgIpc) is 2.61. The Morgan fingerprint density at radius 1 is 0.464 bits per heavy atom. The zero-order chi connectivity index (χ0) is 21.9. The number of aliphatic carboxylic acids is 2. The Kier molecular flexibility index (Phi) is 10.2. The largest absolute Gasteiger partial charge is 0.476 e. The van der Waals surface area contributed by atoms with Gasteiger partial charge < -0.3 is 19.7 Å². The number of hydrogen-bond acceptors (Lipinski definition) is 11. The summed E-state index contributed by atoms with van der Waals surface area (Å²) in [5, 5.41) is 16.6. The van der Waals surface area contributed by atoms with Gasteiger partial charge in [-0.25, -0.2) is 14.4 Å². The summed E-state index contributed by atoms with van der Waals surface area (Å²) < 4.78 is 8.25. The lowest BCUT2D eigenvalue weighted by Crippen LogP contribution is -2.23. The highest BCUT2D eigenvalue weighted by Crippen LogP contribution is 2.02. The van der Waals surface area contributed by atoms with Gasteiger partial charge in [-0.1, -0.05) is 0 Å². The first-order valence-corrected chi connectivity index (χ1v) is 7.47. The van der Waals surface area contributed by atoms with Gasteiger partial charge in [0.25, 0.3) is 0 Å². The van der Waals surface area contributed by atoms with Crippen LogP contribution in [0.1, 0.15) is 38.5 Å². The maximum atomic E-state index is 11.4. The van der Waals surface area contributed by atoms with E-state index in [2.05, 4.69) is 9.47 Å². The first kappa shape index (κ1) is 24.2. The lowest BCUT2D eigenvalue weighted by Gasteiger charge is -2.03. The van der Waals surface area contributed by atoms with E-state index in [4.69, 9.17) is 10.2 Å². The molecule has 0 aliphatic rings. The van der Waals surface area contributed by atoms with Crippen molar-refractivity contribution < 1.29 is 62.8 Å². The molecular weight excluding hydrogens is 388 g/mol. The lowest BCUT2D eigenvalue weighted by molar-refractivity contribution is -0.165. The molecule has 0 atom stereocenters. The summed E-state index contributed by atoms with van der Waals surface area (Å²) in [5.41, 5.74) is 0. The minimum atomic E-state index is -1.78. The van der Waals surface area contributed by atoms with Crippen LogP contribution in [0.15, 0.2) is 0 Å². The van der Waals surface area contributed by atoms with Crippen LogP contribution in [0.3, 0.4) is 0 Å². The van der Waals surface area contributed by atoms with Crippen LogP contribution in [0.25, 0.3) is 0 Å². The third-order valence-electron chi connectivity index (χ3n) is 2.81. The van der Waals surface area contributed by atoms with Gasteiger partial charge in [-0.3, -0.25) is 28.8 Å². The second-order valence-corrected chi connectivity index (χ2v) is 4.99. The quantitative estimate of drug-likeness (QED) is 0.213. The molecule has 28 heavy (non-hydrogen) atoms. The summed E-state index contributed by atoms with van der Waals surface area (Å²) in [6.45, 7) is 0. The van der Waals surface area contributed by atoms with E-state index in [1.807, 2.05) is 0 Å². The standard InChI is InChI=1S/C15H14O13/c16-7(13(22)23)1-4-10(19)27-11(20)6-3-9(18)15(26)28-12(21)5-2-8(17)14(24)25/h1-6H2,(H,22,23)(H,24,25). The molecule has 0 aromatic rings. The van der Waals surface area contributed by atoms with Crippen LogP contribution < -0.4 is 0 Å². The fourth-order valence-electron chi connectivity index (χ4n) is 1.40. The molecule has 152 valence electrons. The molecule has 0 rings (SSSR count). The SMILES string of the molecule is O=C(CCC(=O)C(=O)O)OC(=O)CCC(=O)C(=O)OC(=O)CCC(=O)C(=O)O. The second kappa shape index (κ2) is 11.8. The van der Waals surface area contributed by atoms with Gasteiger partial charge in [-0.05, 0) is 0 Å². The lowest BCUT2D eigenvalue weighted by atomic mass is 10.2. The Bertz CT molecular complexity index is 730. The van der Waals surface area contributed by atoms with Gasteiger partial charge in [0.05, 0.1) is 19.3 Å². The fourth-order valence-corrected chi connectivity index (χ4v) is 1.40. The minimum absolute atomic E-state index is 0.684. The van der Waals surface area contributed by atoms with Crippen molar-refractivity contribution in [3.63, 3.8) is 0 Å². The van der Waals surface area contributed by atoms with Crippen molar-refractivity contribution >= 4 is 53.2 Å². The molecule has 2 N–H and O–H groups in total. The second-order valence-electron chi connectivity index (χ2n) is 4.99. The Morgan fingerprint density at radius 2 is 0.786 bits per heavy atom. The molecule has 0 saturated carbocycles. The molecule has 13 heteroatoms. The molecule has 0 unspecified atom stereocenters. The highest BCUT2D eigenvalue weighted by Gasteiger charge is 2.23. The van der Waals surface area contributed by atoms with Crippen molar-refractivity contribution in [1.82, 2.24) is 0 Å². The van der Waals surface area contributed by atoms with Gasteiger partial charge in [0, 0.05) is 19.3 Å². The molecular formula is C15H14O13. The predicted octanol–water partition coefficient (Wildman–Crippen LogP) is -1.66. The van der Waals surface area contributed by atoms with E-state index in [0.29, 0.717) is 0 Å². The van der Waals surface area contributed by atoms with Gasteiger partial charge in [-0.2, -0.15) is 0 Å². The minimum Gasteiger partial charge on any atom is -0.476 e. The van der Waals surface area contributed by atoms with Crippen molar-refractivity contribution in [3.05, 3.63) is 0 Å². The first-order chi connectivity index (χ1) is 12.9. The molecule has 0 fully saturated rings. The highest BCUT2D eigenvalue weighted by atomic mass is 16.6. The Hall–Kier alpha value is -3.77. The first-order valence-electron chi connectivity index (χ1n) is 7.47. The van der Waals surface area contributed by atoms with Gasteiger partial charge in [0.15, 0.2) is 0 Å². The van der Waals surface area contributed by atoms with Crippen molar-refractivity contribution in [3.8, 4) is 0 Å². The van der Waals surface area contributed by atoms with Crippen molar-refractivity contribution in [1.29, 1.82) is 0 Å². The summed E-state index contributed by atoms with van der Waals surface area (Å²) in [7, 11) is 0. The molecule has 0 spiro atoms. The molecule has 0 aliphatic carbocycles. The summed E-state index contributed by atoms with van der Waals surface area (Å²) in [6.07, 6.45) is -4.42. The molecule has 0 heterocycles. The van der Waals surface area contributed by atoms with E-state index in [-0.39, 0.29) is 0 Å². The monoisotopic (exact) mass is 402 g/mol. The predicted molar refractivity (Wildman–Crippen MR) is 80.2 cm³/mol.